The van der Waals surface area contributed by atoms with Crippen molar-refractivity contribution in [2.45, 2.75) is 13.3 Å². The van der Waals surface area contributed by atoms with Gasteiger partial charge in [0.2, 0.25) is 5.91 Å². The van der Waals surface area contributed by atoms with Crippen molar-refractivity contribution in [1.82, 2.24) is 9.97 Å². The fourth-order valence-electron chi connectivity index (χ4n) is 1.83. The molecular formula is C15H15FN4O2. The topological polar surface area (TPSA) is 89.2 Å². The number of halogens is 1. The molecule has 0 radical (unpaired) electrons. The van der Waals surface area contributed by atoms with E-state index in [1.54, 1.807) is 6.92 Å². The van der Waals surface area contributed by atoms with E-state index in [2.05, 4.69) is 9.97 Å². The van der Waals surface area contributed by atoms with Gasteiger partial charge in [-0.2, -0.15) is 0 Å². The van der Waals surface area contributed by atoms with Crippen LogP contribution in [0.3, 0.4) is 0 Å². The van der Waals surface area contributed by atoms with Gasteiger partial charge in [-0.15, -0.1) is 0 Å². The molecule has 0 saturated carbocycles. The quantitative estimate of drug-likeness (QED) is 0.905. The van der Waals surface area contributed by atoms with Crippen molar-refractivity contribution >= 4 is 17.5 Å². The van der Waals surface area contributed by atoms with Gasteiger partial charge in [-0.05, 0) is 31.2 Å². The molecule has 2 aromatic rings. The summed E-state index contributed by atoms with van der Waals surface area (Å²) >= 11 is 0. The molecule has 1 heterocycles. The van der Waals surface area contributed by atoms with Crippen molar-refractivity contribution in [2.75, 3.05) is 11.4 Å². The van der Waals surface area contributed by atoms with E-state index in [4.69, 9.17) is 5.73 Å². The summed E-state index contributed by atoms with van der Waals surface area (Å²) < 4.78 is 13.0. The van der Waals surface area contributed by atoms with E-state index in [1.165, 1.54) is 41.6 Å². The zero-order chi connectivity index (χ0) is 16.1. The second-order valence-corrected chi connectivity index (χ2v) is 4.69. The summed E-state index contributed by atoms with van der Waals surface area (Å²) in [7, 11) is 0. The van der Waals surface area contributed by atoms with Crippen molar-refractivity contribution in [3.63, 3.8) is 0 Å². The fourth-order valence-corrected chi connectivity index (χ4v) is 1.83. The average molecular weight is 302 g/mol. The summed E-state index contributed by atoms with van der Waals surface area (Å²) in [5, 5.41) is 0. The minimum atomic E-state index is -0.532. The van der Waals surface area contributed by atoms with Gasteiger partial charge in [-0.1, -0.05) is 0 Å². The van der Waals surface area contributed by atoms with E-state index in [-0.39, 0.29) is 18.7 Å². The normalized spacial score (nSPS) is 10.3. The first-order valence-corrected chi connectivity index (χ1v) is 6.62. The second kappa shape index (κ2) is 6.75. The molecule has 1 aromatic carbocycles. The van der Waals surface area contributed by atoms with Crippen LogP contribution in [-0.2, 0) is 4.79 Å². The molecule has 2 amide bonds. The van der Waals surface area contributed by atoms with Crippen LogP contribution in [0, 0.1) is 12.7 Å². The summed E-state index contributed by atoms with van der Waals surface area (Å²) in [5.74, 6) is -1.38. The maximum Gasteiger partial charge on any atom is 0.278 e. The van der Waals surface area contributed by atoms with Gasteiger partial charge in [0, 0.05) is 24.8 Å². The van der Waals surface area contributed by atoms with Gasteiger partial charge in [-0.25, -0.2) is 9.37 Å². The lowest BCUT2D eigenvalue weighted by molar-refractivity contribution is -0.117. The first-order valence-electron chi connectivity index (χ1n) is 6.62. The lowest BCUT2D eigenvalue weighted by atomic mass is 10.2. The Morgan fingerprint density at radius 2 is 1.86 bits per heavy atom. The number of aryl methyl sites for hydroxylation is 1. The van der Waals surface area contributed by atoms with Crippen LogP contribution in [0.2, 0.25) is 0 Å². The van der Waals surface area contributed by atoms with Crippen LogP contribution in [0.1, 0.15) is 22.6 Å². The predicted octanol–water partition coefficient (Wildman–Crippen LogP) is 1.45. The molecule has 0 unspecified atom stereocenters. The van der Waals surface area contributed by atoms with E-state index < -0.39 is 17.6 Å². The highest BCUT2D eigenvalue weighted by Crippen LogP contribution is 2.17. The number of nitrogens with two attached hydrogens (primary N) is 1. The summed E-state index contributed by atoms with van der Waals surface area (Å²) in [6.07, 6.45) is 2.82. The third kappa shape index (κ3) is 3.85. The number of anilines is 1. The molecule has 0 saturated heterocycles. The Labute approximate surface area is 126 Å². The van der Waals surface area contributed by atoms with Crippen molar-refractivity contribution in [1.29, 1.82) is 0 Å². The van der Waals surface area contributed by atoms with Crippen LogP contribution in [0.4, 0.5) is 10.1 Å². The van der Waals surface area contributed by atoms with Gasteiger partial charge in [0.1, 0.15) is 11.5 Å². The van der Waals surface area contributed by atoms with Crippen LogP contribution < -0.4 is 10.6 Å². The number of primary amides is 1. The van der Waals surface area contributed by atoms with Crippen LogP contribution in [0.5, 0.6) is 0 Å². The van der Waals surface area contributed by atoms with Crippen LogP contribution in [-0.4, -0.2) is 28.3 Å². The third-order valence-electron chi connectivity index (χ3n) is 2.97. The zero-order valence-corrected chi connectivity index (χ0v) is 12.0. The Kier molecular flexibility index (Phi) is 4.77. The second-order valence-electron chi connectivity index (χ2n) is 4.69. The molecule has 2 N–H and O–H groups in total. The summed E-state index contributed by atoms with van der Waals surface area (Å²) in [4.78, 5) is 32.9. The average Bonchev–Trinajstić information content (AvgIpc) is 2.49. The number of carbonyl (C=O) groups is 2. The minimum absolute atomic E-state index is 0.0115. The van der Waals surface area contributed by atoms with Gasteiger partial charge in [-0.3, -0.25) is 14.6 Å². The van der Waals surface area contributed by atoms with Gasteiger partial charge in [0.05, 0.1) is 11.9 Å². The van der Waals surface area contributed by atoms with Gasteiger partial charge in [0.15, 0.2) is 0 Å². The lowest BCUT2D eigenvalue weighted by Crippen LogP contribution is -2.34. The Bertz CT molecular complexity index is 671. The smallest absolute Gasteiger partial charge is 0.278 e. The maximum atomic E-state index is 13.0. The van der Waals surface area contributed by atoms with Crippen molar-refractivity contribution < 1.29 is 14.0 Å². The number of carbonyl (C=O) groups excluding carboxylic acids is 2. The van der Waals surface area contributed by atoms with Crippen molar-refractivity contribution in [3.05, 3.63) is 53.9 Å². The van der Waals surface area contributed by atoms with Crippen LogP contribution in [0.25, 0.3) is 0 Å². The monoisotopic (exact) mass is 302 g/mol. The molecule has 0 aliphatic rings. The predicted molar refractivity (Wildman–Crippen MR) is 78.7 cm³/mol. The fraction of sp³-hybridized carbons (Fsp3) is 0.200. The molecule has 114 valence electrons. The zero-order valence-electron chi connectivity index (χ0n) is 12.0. The van der Waals surface area contributed by atoms with E-state index in [0.29, 0.717) is 11.4 Å². The van der Waals surface area contributed by atoms with Gasteiger partial charge >= 0.3 is 0 Å². The van der Waals surface area contributed by atoms with Crippen LogP contribution in [0.15, 0.2) is 36.7 Å². The summed E-state index contributed by atoms with van der Waals surface area (Å²) in [5.41, 5.74) is 6.41. The molecule has 6 nitrogen and oxygen atoms in total. The molecule has 0 aliphatic heterocycles. The van der Waals surface area contributed by atoms with Gasteiger partial charge < -0.3 is 10.6 Å². The molecule has 0 atom stereocenters. The van der Waals surface area contributed by atoms with E-state index in [0.717, 1.165) is 0 Å². The van der Waals surface area contributed by atoms with Crippen molar-refractivity contribution in [2.24, 2.45) is 5.73 Å². The number of amides is 2. The summed E-state index contributed by atoms with van der Waals surface area (Å²) in [6.45, 7) is 1.83. The molecule has 0 aliphatic carbocycles. The SMILES string of the molecule is Cc1cnc(C(=O)N(CCC(N)=O)c2ccc(F)cc2)cn1. The standard InChI is InChI=1S/C15H15FN4O2/c1-10-8-19-13(9-18-10)15(22)20(7-6-14(17)21)12-4-2-11(16)3-5-12/h2-5,8-9H,6-7H2,1H3,(H2,17,21). The van der Waals surface area contributed by atoms with E-state index in [1.807, 2.05) is 0 Å². The molecule has 7 heteroatoms. The Balaban J connectivity index is 2.30. The Morgan fingerprint density at radius 1 is 1.18 bits per heavy atom. The highest BCUT2D eigenvalue weighted by Gasteiger charge is 2.20. The number of rotatable bonds is 5. The first kappa shape index (κ1) is 15.6. The minimum Gasteiger partial charge on any atom is -0.370 e. The number of nitrogens with zero attached hydrogens (tertiary/aromatic N) is 3. The largest absolute Gasteiger partial charge is 0.370 e. The van der Waals surface area contributed by atoms with E-state index >= 15 is 0 Å². The Morgan fingerprint density at radius 3 is 2.41 bits per heavy atom. The first-order chi connectivity index (χ1) is 10.5. The summed E-state index contributed by atoms with van der Waals surface area (Å²) in [6, 6.07) is 5.38. The third-order valence-corrected chi connectivity index (χ3v) is 2.97. The molecule has 2 rings (SSSR count). The number of aromatic nitrogens is 2. The molecular weight excluding hydrogens is 287 g/mol. The Hall–Kier alpha value is -2.83. The van der Waals surface area contributed by atoms with Crippen molar-refractivity contribution in [3.8, 4) is 0 Å². The maximum absolute atomic E-state index is 13.0. The molecule has 0 fully saturated rings. The highest BCUT2D eigenvalue weighted by molar-refractivity contribution is 6.04. The number of hydrogen-bond acceptors (Lipinski definition) is 4. The molecule has 0 bridgehead atoms. The highest BCUT2D eigenvalue weighted by atomic mass is 19.1. The van der Waals surface area contributed by atoms with Crippen LogP contribution >= 0.6 is 0 Å². The lowest BCUT2D eigenvalue weighted by Gasteiger charge is -2.21. The number of benzene rings is 1. The van der Waals surface area contributed by atoms with Gasteiger partial charge in [0.25, 0.3) is 5.91 Å². The number of hydrogen-bond donors (Lipinski definition) is 1. The van der Waals surface area contributed by atoms with E-state index in [9.17, 15) is 14.0 Å². The molecule has 0 spiro atoms. The molecule has 1 aromatic heterocycles. The molecule has 22 heavy (non-hydrogen) atoms.